The zero-order valence-corrected chi connectivity index (χ0v) is 12.5. The van der Waals surface area contributed by atoms with Crippen LogP contribution in [0.4, 0.5) is 0 Å². The third-order valence-electron chi connectivity index (χ3n) is 3.64. The van der Waals surface area contributed by atoms with Crippen molar-refractivity contribution in [2.75, 3.05) is 34.4 Å². The van der Waals surface area contributed by atoms with Gasteiger partial charge >= 0.3 is 0 Å². The Morgan fingerprint density at radius 3 is 2.74 bits per heavy atom. The van der Waals surface area contributed by atoms with Crippen molar-refractivity contribution in [2.24, 2.45) is 0 Å². The average Bonchev–Trinajstić information content (AvgIpc) is 2.88. The van der Waals surface area contributed by atoms with Crippen molar-refractivity contribution in [1.29, 1.82) is 0 Å². The molecule has 5 heteroatoms. The van der Waals surface area contributed by atoms with Crippen molar-refractivity contribution in [1.82, 2.24) is 10.2 Å². The normalized spacial score (nSPS) is 19.7. The lowest BCUT2D eigenvalue weighted by Gasteiger charge is -2.18. The highest BCUT2D eigenvalue weighted by Gasteiger charge is 2.22. The van der Waals surface area contributed by atoms with E-state index in [1.54, 1.807) is 14.2 Å². The van der Waals surface area contributed by atoms with Crippen molar-refractivity contribution >= 4 is 11.6 Å². The van der Waals surface area contributed by atoms with Gasteiger partial charge in [0, 0.05) is 25.7 Å². The van der Waals surface area contributed by atoms with Crippen LogP contribution in [0.3, 0.4) is 0 Å². The molecule has 0 radical (unpaired) electrons. The molecule has 0 saturated carbocycles. The van der Waals surface area contributed by atoms with E-state index in [4.69, 9.17) is 21.1 Å². The average molecular weight is 285 g/mol. The Morgan fingerprint density at radius 1 is 1.37 bits per heavy atom. The molecule has 2 rings (SSSR count). The van der Waals surface area contributed by atoms with Gasteiger partial charge in [0.15, 0.2) is 11.5 Å². The Morgan fingerprint density at radius 2 is 2.16 bits per heavy atom. The summed E-state index contributed by atoms with van der Waals surface area (Å²) < 4.78 is 10.6. The fraction of sp³-hybridized carbons (Fsp3) is 0.571. The lowest BCUT2D eigenvalue weighted by atomic mass is 10.2. The lowest BCUT2D eigenvalue weighted by molar-refractivity contribution is 0.319. The van der Waals surface area contributed by atoms with Crippen LogP contribution in [-0.4, -0.2) is 45.3 Å². The molecular formula is C14H21ClN2O2. The molecule has 0 spiro atoms. The maximum absolute atomic E-state index is 6.39. The van der Waals surface area contributed by atoms with Crippen LogP contribution in [0.1, 0.15) is 12.0 Å². The molecule has 1 aliphatic heterocycles. The van der Waals surface area contributed by atoms with Crippen molar-refractivity contribution in [2.45, 2.75) is 19.0 Å². The summed E-state index contributed by atoms with van der Waals surface area (Å²) in [6, 6.07) is 4.50. The minimum absolute atomic E-state index is 0.582. The predicted octanol–water partition coefficient (Wildman–Crippen LogP) is 2.15. The zero-order valence-electron chi connectivity index (χ0n) is 11.7. The molecule has 4 nitrogen and oxygen atoms in total. The van der Waals surface area contributed by atoms with E-state index >= 15 is 0 Å². The number of nitrogens with zero attached hydrogens (tertiary/aromatic N) is 1. The molecule has 0 amide bonds. The summed E-state index contributed by atoms with van der Waals surface area (Å²) in [6.45, 7) is 2.99. The highest BCUT2D eigenvalue weighted by Crippen LogP contribution is 2.37. The molecule has 1 saturated heterocycles. The smallest absolute Gasteiger partial charge is 0.179 e. The highest BCUT2D eigenvalue weighted by molar-refractivity contribution is 6.33. The summed E-state index contributed by atoms with van der Waals surface area (Å²) in [7, 11) is 5.24. The molecule has 1 fully saturated rings. The summed E-state index contributed by atoms with van der Waals surface area (Å²) in [6.07, 6.45) is 1.18. The third kappa shape index (κ3) is 3.14. The number of benzene rings is 1. The first-order valence-electron chi connectivity index (χ1n) is 6.48. The monoisotopic (exact) mass is 284 g/mol. The second kappa shape index (κ2) is 6.46. The predicted molar refractivity (Wildman–Crippen MR) is 77.3 cm³/mol. The SMILES string of the molecule is CNC1CCN(Cc2ccc(OC)c(OC)c2Cl)C1. The van der Waals surface area contributed by atoms with Gasteiger partial charge in [-0.2, -0.15) is 0 Å². The Hall–Kier alpha value is -0.970. The van der Waals surface area contributed by atoms with Gasteiger partial charge in [-0.25, -0.2) is 0 Å². The lowest BCUT2D eigenvalue weighted by Crippen LogP contribution is -2.29. The number of hydrogen-bond acceptors (Lipinski definition) is 4. The fourth-order valence-corrected chi connectivity index (χ4v) is 2.80. The first-order valence-corrected chi connectivity index (χ1v) is 6.86. The summed E-state index contributed by atoms with van der Waals surface area (Å²) >= 11 is 6.39. The third-order valence-corrected chi connectivity index (χ3v) is 4.05. The van der Waals surface area contributed by atoms with Gasteiger partial charge in [0.1, 0.15) is 0 Å². The van der Waals surface area contributed by atoms with Crippen molar-refractivity contribution in [3.63, 3.8) is 0 Å². The number of hydrogen-bond donors (Lipinski definition) is 1. The number of nitrogens with one attached hydrogen (secondary N) is 1. The summed E-state index contributed by atoms with van der Waals surface area (Å²) in [5.74, 6) is 1.29. The molecule has 1 unspecified atom stereocenters. The molecule has 1 heterocycles. The van der Waals surface area contributed by atoms with E-state index in [-0.39, 0.29) is 0 Å². The van der Waals surface area contributed by atoms with E-state index in [9.17, 15) is 0 Å². The molecule has 19 heavy (non-hydrogen) atoms. The van der Waals surface area contributed by atoms with E-state index in [0.717, 1.165) is 25.2 Å². The van der Waals surface area contributed by atoms with Gasteiger partial charge in [-0.3, -0.25) is 4.90 Å². The van der Waals surface area contributed by atoms with E-state index in [1.165, 1.54) is 6.42 Å². The molecule has 1 aliphatic rings. The van der Waals surface area contributed by atoms with Gasteiger partial charge in [0.05, 0.1) is 19.2 Å². The summed E-state index contributed by atoms with van der Waals surface area (Å²) in [5, 5.41) is 3.96. The highest BCUT2D eigenvalue weighted by atomic mass is 35.5. The van der Waals surface area contributed by atoms with Crippen LogP contribution in [0.15, 0.2) is 12.1 Å². The molecule has 0 aromatic heterocycles. The van der Waals surface area contributed by atoms with Crippen LogP contribution in [0.5, 0.6) is 11.5 Å². The second-order valence-corrected chi connectivity index (χ2v) is 5.16. The number of rotatable bonds is 5. The molecule has 106 valence electrons. The molecule has 1 aromatic carbocycles. The number of methoxy groups -OCH3 is 2. The van der Waals surface area contributed by atoms with E-state index in [0.29, 0.717) is 22.6 Å². The minimum atomic E-state index is 0.582. The number of halogens is 1. The Labute approximate surface area is 119 Å². The van der Waals surface area contributed by atoms with Crippen molar-refractivity contribution in [3.8, 4) is 11.5 Å². The number of likely N-dealkylation sites (N-methyl/N-ethyl adjacent to an activating group) is 1. The van der Waals surface area contributed by atoms with Gasteiger partial charge in [-0.05, 0) is 25.1 Å². The standard InChI is InChI=1S/C14H21ClN2O2/c1-16-11-6-7-17(9-11)8-10-4-5-12(18-2)14(19-3)13(10)15/h4-5,11,16H,6-9H2,1-3H3. The Balaban J connectivity index is 2.13. The van der Waals surface area contributed by atoms with Gasteiger partial charge < -0.3 is 14.8 Å². The van der Waals surface area contributed by atoms with Crippen LogP contribution in [0.25, 0.3) is 0 Å². The van der Waals surface area contributed by atoms with Crippen molar-refractivity contribution in [3.05, 3.63) is 22.7 Å². The Bertz CT molecular complexity index is 440. The molecule has 1 atom stereocenters. The first kappa shape index (κ1) is 14.4. The van der Waals surface area contributed by atoms with Gasteiger partial charge in [0.25, 0.3) is 0 Å². The maximum atomic E-state index is 6.39. The number of ether oxygens (including phenoxy) is 2. The van der Waals surface area contributed by atoms with Crippen LogP contribution < -0.4 is 14.8 Å². The van der Waals surface area contributed by atoms with E-state index in [1.807, 2.05) is 19.2 Å². The fourth-order valence-electron chi connectivity index (χ4n) is 2.50. The van der Waals surface area contributed by atoms with Gasteiger partial charge in [-0.15, -0.1) is 0 Å². The molecule has 1 N–H and O–H groups in total. The summed E-state index contributed by atoms with van der Waals surface area (Å²) in [4.78, 5) is 2.40. The van der Waals surface area contributed by atoms with Crippen LogP contribution >= 0.6 is 11.6 Å². The Kier molecular flexibility index (Phi) is 4.91. The maximum Gasteiger partial charge on any atom is 0.179 e. The largest absolute Gasteiger partial charge is 0.493 e. The van der Waals surface area contributed by atoms with Crippen molar-refractivity contribution < 1.29 is 9.47 Å². The van der Waals surface area contributed by atoms with Crippen LogP contribution in [-0.2, 0) is 6.54 Å². The van der Waals surface area contributed by atoms with E-state index < -0.39 is 0 Å². The minimum Gasteiger partial charge on any atom is -0.493 e. The number of likely N-dealkylation sites (tertiary alicyclic amines) is 1. The molecular weight excluding hydrogens is 264 g/mol. The van der Waals surface area contributed by atoms with Gasteiger partial charge in [0.2, 0.25) is 0 Å². The quantitative estimate of drug-likeness (QED) is 0.898. The molecule has 0 bridgehead atoms. The molecule has 1 aromatic rings. The zero-order chi connectivity index (χ0) is 13.8. The topological polar surface area (TPSA) is 33.7 Å². The van der Waals surface area contributed by atoms with Crippen LogP contribution in [0, 0.1) is 0 Å². The van der Waals surface area contributed by atoms with Gasteiger partial charge in [-0.1, -0.05) is 17.7 Å². The second-order valence-electron chi connectivity index (χ2n) is 4.78. The molecule has 0 aliphatic carbocycles. The van der Waals surface area contributed by atoms with Crippen LogP contribution in [0.2, 0.25) is 5.02 Å². The van der Waals surface area contributed by atoms with E-state index in [2.05, 4.69) is 10.2 Å². The summed E-state index contributed by atoms with van der Waals surface area (Å²) in [5.41, 5.74) is 1.08. The first-order chi connectivity index (χ1) is 9.19.